The van der Waals surface area contributed by atoms with E-state index >= 15 is 0 Å². The second-order valence-corrected chi connectivity index (χ2v) is 6.60. The van der Waals surface area contributed by atoms with Crippen molar-refractivity contribution in [3.05, 3.63) is 42.7 Å². The highest BCUT2D eigenvalue weighted by atomic mass is 32.2. The van der Waals surface area contributed by atoms with Crippen molar-refractivity contribution in [3.8, 4) is 11.3 Å². The van der Waals surface area contributed by atoms with Crippen LogP contribution in [0.25, 0.3) is 11.3 Å². The van der Waals surface area contributed by atoms with Crippen LogP contribution in [0.15, 0.2) is 52.0 Å². The normalized spacial score (nSPS) is 11.9. The summed E-state index contributed by atoms with van der Waals surface area (Å²) in [5.74, 6) is 0.672. The van der Waals surface area contributed by atoms with Gasteiger partial charge in [-0.3, -0.25) is 0 Å². The molecule has 0 unspecified atom stereocenters. The Morgan fingerprint density at radius 1 is 1.12 bits per heavy atom. The summed E-state index contributed by atoms with van der Waals surface area (Å²) in [6.07, 6.45) is 1.57. The first-order chi connectivity index (χ1) is 8.01. The van der Waals surface area contributed by atoms with Crippen LogP contribution in [0.4, 0.5) is 0 Å². The predicted molar refractivity (Wildman–Crippen MR) is 66.5 cm³/mol. The van der Waals surface area contributed by atoms with Crippen LogP contribution in [0.5, 0.6) is 0 Å². The van der Waals surface area contributed by atoms with E-state index in [4.69, 9.17) is 4.42 Å². The standard InChI is InChI=1S/C13H14O3S/c1-10(2)17(14,15)12-6-3-5-11(9-12)13-7-4-8-16-13/h3-10H,1-2H3. The van der Waals surface area contributed by atoms with E-state index in [-0.39, 0.29) is 0 Å². The molecule has 2 aromatic rings. The first-order valence-electron chi connectivity index (χ1n) is 5.39. The molecule has 2 rings (SSSR count). The Morgan fingerprint density at radius 3 is 2.47 bits per heavy atom. The molecule has 0 aliphatic rings. The largest absolute Gasteiger partial charge is 0.464 e. The molecule has 0 saturated carbocycles. The summed E-state index contributed by atoms with van der Waals surface area (Å²) in [5.41, 5.74) is 0.775. The molecular weight excluding hydrogens is 236 g/mol. The highest BCUT2D eigenvalue weighted by Crippen LogP contribution is 2.24. The van der Waals surface area contributed by atoms with Gasteiger partial charge in [0.05, 0.1) is 16.4 Å². The Kier molecular flexibility index (Phi) is 3.07. The Bertz CT molecular complexity index is 595. The number of furan rings is 1. The number of sulfone groups is 1. The van der Waals surface area contributed by atoms with Crippen LogP contribution in [-0.4, -0.2) is 13.7 Å². The summed E-state index contributed by atoms with van der Waals surface area (Å²) in [6, 6.07) is 10.4. The van der Waals surface area contributed by atoms with E-state index in [1.165, 1.54) is 0 Å². The van der Waals surface area contributed by atoms with Crippen LogP contribution in [0.1, 0.15) is 13.8 Å². The highest BCUT2D eigenvalue weighted by Gasteiger charge is 2.19. The molecule has 0 bridgehead atoms. The van der Waals surface area contributed by atoms with Crippen molar-refractivity contribution in [2.24, 2.45) is 0 Å². The molecule has 0 spiro atoms. The van der Waals surface area contributed by atoms with Gasteiger partial charge in [0.25, 0.3) is 0 Å². The number of hydrogen-bond acceptors (Lipinski definition) is 3. The number of benzene rings is 1. The second kappa shape index (κ2) is 4.37. The summed E-state index contributed by atoms with van der Waals surface area (Å²) in [4.78, 5) is 0.335. The molecule has 1 aromatic carbocycles. The molecule has 0 atom stereocenters. The van der Waals surface area contributed by atoms with Crippen molar-refractivity contribution < 1.29 is 12.8 Å². The van der Waals surface area contributed by atoms with Gasteiger partial charge in [0, 0.05) is 5.56 Å². The molecule has 0 amide bonds. The number of rotatable bonds is 3. The van der Waals surface area contributed by atoms with Gasteiger partial charge >= 0.3 is 0 Å². The van der Waals surface area contributed by atoms with E-state index in [9.17, 15) is 8.42 Å². The summed E-state index contributed by atoms with van der Waals surface area (Å²) < 4.78 is 29.3. The van der Waals surface area contributed by atoms with Gasteiger partial charge < -0.3 is 4.42 Å². The van der Waals surface area contributed by atoms with Gasteiger partial charge in [0.15, 0.2) is 9.84 Å². The lowest BCUT2D eigenvalue weighted by Crippen LogP contribution is -2.13. The average Bonchev–Trinajstić information content (AvgIpc) is 2.82. The fourth-order valence-corrected chi connectivity index (χ4v) is 2.65. The second-order valence-electron chi connectivity index (χ2n) is 4.10. The molecular formula is C13H14O3S. The lowest BCUT2D eigenvalue weighted by Gasteiger charge is -2.08. The minimum absolute atomic E-state index is 0.335. The summed E-state index contributed by atoms with van der Waals surface area (Å²) in [6.45, 7) is 3.35. The van der Waals surface area contributed by atoms with E-state index in [0.717, 1.165) is 5.56 Å². The quantitative estimate of drug-likeness (QED) is 0.840. The third kappa shape index (κ3) is 2.26. The van der Waals surface area contributed by atoms with E-state index in [0.29, 0.717) is 10.7 Å². The van der Waals surface area contributed by atoms with Crippen molar-refractivity contribution in [3.63, 3.8) is 0 Å². The smallest absolute Gasteiger partial charge is 0.180 e. The van der Waals surface area contributed by atoms with Gasteiger partial charge in [0.1, 0.15) is 5.76 Å². The fraction of sp³-hybridized carbons (Fsp3) is 0.231. The SMILES string of the molecule is CC(C)S(=O)(=O)c1cccc(-c2ccco2)c1. The molecule has 3 nitrogen and oxygen atoms in total. The maximum Gasteiger partial charge on any atom is 0.180 e. The first kappa shape index (κ1) is 11.9. The molecule has 0 aliphatic heterocycles. The van der Waals surface area contributed by atoms with Crippen LogP contribution >= 0.6 is 0 Å². The maximum absolute atomic E-state index is 12.0. The lowest BCUT2D eigenvalue weighted by atomic mass is 10.2. The van der Waals surface area contributed by atoms with Crippen LogP contribution in [0, 0.1) is 0 Å². The van der Waals surface area contributed by atoms with E-state index in [1.807, 2.05) is 6.07 Å². The van der Waals surface area contributed by atoms with Crippen molar-refractivity contribution >= 4 is 9.84 Å². The summed E-state index contributed by atoms with van der Waals surface area (Å²) in [7, 11) is -3.23. The van der Waals surface area contributed by atoms with Gasteiger partial charge in [-0.15, -0.1) is 0 Å². The summed E-state index contributed by atoms with van der Waals surface area (Å²) >= 11 is 0. The van der Waals surface area contributed by atoms with Crippen molar-refractivity contribution in [1.29, 1.82) is 0 Å². The van der Waals surface area contributed by atoms with Gasteiger partial charge in [-0.25, -0.2) is 8.42 Å². The van der Waals surface area contributed by atoms with Crippen LogP contribution in [0.3, 0.4) is 0 Å². The maximum atomic E-state index is 12.0. The van der Waals surface area contributed by atoms with E-state index in [1.54, 1.807) is 50.4 Å². The zero-order valence-electron chi connectivity index (χ0n) is 9.75. The molecule has 0 radical (unpaired) electrons. The minimum atomic E-state index is -3.23. The van der Waals surface area contributed by atoms with Crippen molar-refractivity contribution in [2.75, 3.05) is 0 Å². The topological polar surface area (TPSA) is 47.3 Å². The molecule has 0 saturated heterocycles. The molecule has 0 aliphatic carbocycles. The van der Waals surface area contributed by atoms with Crippen LogP contribution in [0.2, 0.25) is 0 Å². The zero-order valence-corrected chi connectivity index (χ0v) is 10.6. The van der Waals surface area contributed by atoms with Gasteiger partial charge in [-0.05, 0) is 38.1 Å². The predicted octanol–water partition coefficient (Wildman–Crippen LogP) is 3.13. The third-order valence-corrected chi connectivity index (χ3v) is 4.74. The monoisotopic (exact) mass is 250 g/mol. The molecule has 0 fully saturated rings. The van der Waals surface area contributed by atoms with Crippen molar-refractivity contribution in [2.45, 2.75) is 24.0 Å². The molecule has 90 valence electrons. The molecule has 17 heavy (non-hydrogen) atoms. The molecule has 1 heterocycles. The van der Waals surface area contributed by atoms with Gasteiger partial charge in [-0.1, -0.05) is 12.1 Å². The van der Waals surface area contributed by atoms with E-state index in [2.05, 4.69) is 0 Å². The Balaban J connectivity index is 2.50. The first-order valence-corrected chi connectivity index (χ1v) is 6.94. The van der Waals surface area contributed by atoms with E-state index < -0.39 is 15.1 Å². The molecule has 4 heteroatoms. The Hall–Kier alpha value is -1.55. The summed E-state index contributed by atoms with van der Waals surface area (Å²) in [5, 5.41) is -0.422. The zero-order chi connectivity index (χ0) is 12.5. The minimum Gasteiger partial charge on any atom is -0.464 e. The average molecular weight is 250 g/mol. The van der Waals surface area contributed by atoms with Crippen LogP contribution < -0.4 is 0 Å². The van der Waals surface area contributed by atoms with Crippen LogP contribution in [-0.2, 0) is 9.84 Å². The number of hydrogen-bond donors (Lipinski definition) is 0. The van der Waals surface area contributed by atoms with Crippen molar-refractivity contribution in [1.82, 2.24) is 0 Å². The van der Waals surface area contributed by atoms with Gasteiger partial charge in [-0.2, -0.15) is 0 Å². The fourth-order valence-electron chi connectivity index (χ4n) is 1.54. The van der Waals surface area contributed by atoms with Gasteiger partial charge in [0.2, 0.25) is 0 Å². The lowest BCUT2D eigenvalue weighted by molar-refractivity contribution is 0.581. The Labute approximate surface area is 101 Å². The molecule has 0 N–H and O–H groups in total. The third-order valence-electron chi connectivity index (χ3n) is 2.59. The molecule has 1 aromatic heterocycles. The highest BCUT2D eigenvalue weighted by molar-refractivity contribution is 7.92. The Morgan fingerprint density at radius 2 is 1.88 bits per heavy atom.